The zero-order valence-corrected chi connectivity index (χ0v) is 16.4. The first-order valence-electron chi connectivity index (χ1n) is 9.30. The van der Waals surface area contributed by atoms with Gasteiger partial charge in [0.25, 0.3) is 0 Å². The molecule has 1 aliphatic rings. The Balaban J connectivity index is 1.55. The zero-order chi connectivity index (χ0) is 18.3. The summed E-state index contributed by atoms with van der Waals surface area (Å²) in [7, 11) is 0. The number of thiazole rings is 1. The summed E-state index contributed by atoms with van der Waals surface area (Å²) < 4.78 is 2.08. The molecule has 2 atom stereocenters. The summed E-state index contributed by atoms with van der Waals surface area (Å²) in [5.74, 6) is 1.41. The monoisotopic (exact) mass is 367 g/mol. The number of piperidine rings is 1. The zero-order valence-electron chi connectivity index (χ0n) is 15.6. The van der Waals surface area contributed by atoms with Gasteiger partial charge >= 0.3 is 0 Å². The summed E-state index contributed by atoms with van der Waals surface area (Å²) in [5.41, 5.74) is 4.35. The highest BCUT2D eigenvalue weighted by atomic mass is 32.1. The predicted octanol–water partition coefficient (Wildman–Crippen LogP) is 4.42. The van der Waals surface area contributed by atoms with Gasteiger partial charge in [-0.1, -0.05) is 43.7 Å². The van der Waals surface area contributed by atoms with Crippen LogP contribution in [0.4, 0.5) is 0 Å². The van der Waals surface area contributed by atoms with E-state index in [1.807, 2.05) is 4.90 Å². The number of fused-ring (bicyclic) bond motifs is 1. The summed E-state index contributed by atoms with van der Waals surface area (Å²) in [6.45, 7) is 8.33. The molecule has 1 amide bonds. The van der Waals surface area contributed by atoms with Crippen LogP contribution in [0.25, 0.3) is 16.2 Å². The van der Waals surface area contributed by atoms with Gasteiger partial charge in [-0.15, -0.1) is 11.3 Å². The van der Waals surface area contributed by atoms with Gasteiger partial charge < -0.3 is 4.90 Å². The van der Waals surface area contributed by atoms with Crippen LogP contribution in [0.15, 0.2) is 35.8 Å². The largest absolute Gasteiger partial charge is 0.342 e. The molecule has 26 heavy (non-hydrogen) atoms. The van der Waals surface area contributed by atoms with Gasteiger partial charge in [-0.25, -0.2) is 4.98 Å². The highest BCUT2D eigenvalue weighted by Gasteiger charge is 2.26. The molecule has 1 aliphatic heterocycles. The second-order valence-electron chi connectivity index (χ2n) is 7.79. The van der Waals surface area contributed by atoms with Crippen LogP contribution in [0.2, 0.25) is 0 Å². The molecular formula is C21H25N3OS. The Labute approximate surface area is 158 Å². The summed E-state index contributed by atoms with van der Waals surface area (Å²) >= 11 is 1.60. The maximum atomic E-state index is 12.8. The summed E-state index contributed by atoms with van der Waals surface area (Å²) in [6.07, 6.45) is 3.72. The van der Waals surface area contributed by atoms with E-state index in [4.69, 9.17) is 4.98 Å². The number of carbonyl (C=O) groups excluding carboxylic acids is 1. The molecule has 0 spiro atoms. The third kappa shape index (κ3) is 3.40. The van der Waals surface area contributed by atoms with Crippen LogP contribution in [0.1, 0.15) is 31.5 Å². The molecule has 3 aromatic rings. The second kappa shape index (κ2) is 6.88. The van der Waals surface area contributed by atoms with Crippen LogP contribution in [-0.4, -0.2) is 33.3 Å². The van der Waals surface area contributed by atoms with Gasteiger partial charge in [0.2, 0.25) is 5.91 Å². The fraction of sp³-hybridized carbons (Fsp3) is 0.429. The number of rotatable bonds is 3. The molecule has 1 saturated heterocycles. The van der Waals surface area contributed by atoms with Gasteiger partial charge in [-0.05, 0) is 25.2 Å². The Morgan fingerprint density at radius 3 is 2.58 bits per heavy atom. The van der Waals surface area contributed by atoms with E-state index in [-0.39, 0.29) is 5.91 Å². The Kier molecular flexibility index (Phi) is 4.57. The number of hydrogen-bond donors (Lipinski definition) is 0. The van der Waals surface area contributed by atoms with Crippen LogP contribution >= 0.6 is 11.3 Å². The van der Waals surface area contributed by atoms with Gasteiger partial charge in [-0.2, -0.15) is 0 Å². The summed E-state index contributed by atoms with van der Waals surface area (Å²) in [6, 6.07) is 8.41. The Morgan fingerprint density at radius 2 is 1.88 bits per heavy atom. The van der Waals surface area contributed by atoms with Crippen molar-refractivity contribution in [2.75, 3.05) is 13.1 Å². The first-order valence-corrected chi connectivity index (χ1v) is 10.2. The SMILES string of the molecule is Cc1ccc(-c2cn3c(CC(=O)N4CC(C)CC(C)C4)csc3n2)cc1. The lowest BCUT2D eigenvalue weighted by Crippen LogP contribution is -2.43. The number of amides is 1. The standard InChI is InChI=1S/C21H25N3OS/c1-14-4-6-17(7-5-14)19-12-24-18(13-26-21(24)22-19)9-20(25)23-10-15(2)8-16(3)11-23/h4-7,12-13,15-16H,8-11H2,1-3H3. The first kappa shape index (κ1) is 17.3. The molecule has 4 nitrogen and oxygen atoms in total. The topological polar surface area (TPSA) is 37.6 Å². The lowest BCUT2D eigenvalue weighted by atomic mass is 9.91. The van der Waals surface area contributed by atoms with Gasteiger partial charge in [0.1, 0.15) is 0 Å². The Hall–Kier alpha value is -2.14. The molecule has 3 heterocycles. The summed E-state index contributed by atoms with van der Waals surface area (Å²) in [5, 5.41) is 2.07. The maximum Gasteiger partial charge on any atom is 0.228 e. The van der Waals surface area contributed by atoms with Crippen molar-refractivity contribution in [1.82, 2.24) is 14.3 Å². The molecule has 1 aromatic carbocycles. The number of imidazole rings is 1. The van der Waals surface area contributed by atoms with Crippen molar-refractivity contribution in [3.05, 3.63) is 47.1 Å². The molecule has 0 radical (unpaired) electrons. The highest BCUT2D eigenvalue weighted by molar-refractivity contribution is 7.15. The summed E-state index contributed by atoms with van der Waals surface area (Å²) in [4.78, 5) is 20.5. The molecule has 0 saturated carbocycles. The van der Waals surface area contributed by atoms with E-state index in [0.29, 0.717) is 18.3 Å². The van der Waals surface area contributed by atoms with E-state index in [0.717, 1.165) is 35.0 Å². The number of likely N-dealkylation sites (tertiary alicyclic amines) is 1. The van der Waals surface area contributed by atoms with Gasteiger partial charge in [0.05, 0.1) is 12.1 Å². The molecule has 2 unspecified atom stereocenters. The maximum absolute atomic E-state index is 12.8. The van der Waals surface area contributed by atoms with Crippen LogP contribution < -0.4 is 0 Å². The van der Waals surface area contributed by atoms with Crippen LogP contribution in [0.3, 0.4) is 0 Å². The number of nitrogens with zero attached hydrogens (tertiary/aromatic N) is 3. The minimum absolute atomic E-state index is 0.230. The number of carbonyl (C=O) groups is 1. The lowest BCUT2D eigenvalue weighted by molar-refractivity contribution is -0.133. The molecule has 2 aromatic heterocycles. The molecule has 4 rings (SSSR count). The number of aromatic nitrogens is 2. The van der Waals surface area contributed by atoms with E-state index in [2.05, 4.69) is 61.0 Å². The molecule has 0 bridgehead atoms. The van der Waals surface area contributed by atoms with Gasteiger partial charge in [0.15, 0.2) is 4.96 Å². The minimum atomic E-state index is 0.230. The van der Waals surface area contributed by atoms with Gasteiger partial charge in [0, 0.05) is 35.9 Å². The van der Waals surface area contributed by atoms with E-state index in [9.17, 15) is 4.79 Å². The van der Waals surface area contributed by atoms with Gasteiger partial charge in [-0.3, -0.25) is 9.20 Å². The number of hydrogen-bond acceptors (Lipinski definition) is 3. The second-order valence-corrected chi connectivity index (χ2v) is 8.63. The highest BCUT2D eigenvalue weighted by Crippen LogP contribution is 2.26. The fourth-order valence-electron chi connectivity index (χ4n) is 3.95. The van der Waals surface area contributed by atoms with E-state index in [1.165, 1.54) is 12.0 Å². The fourth-order valence-corrected chi connectivity index (χ4v) is 4.83. The molecule has 5 heteroatoms. The smallest absolute Gasteiger partial charge is 0.228 e. The van der Waals surface area contributed by atoms with Crippen molar-refractivity contribution in [2.24, 2.45) is 11.8 Å². The number of benzene rings is 1. The van der Waals surface area contributed by atoms with Crippen molar-refractivity contribution >= 4 is 22.2 Å². The Morgan fingerprint density at radius 1 is 1.19 bits per heavy atom. The number of aryl methyl sites for hydroxylation is 1. The third-order valence-electron chi connectivity index (χ3n) is 5.18. The van der Waals surface area contributed by atoms with Crippen LogP contribution in [0.5, 0.6) is 0 Å². The average Bonchev–Trinajstić information content (AvgIpc) is 3.16. The van der Waals surface area contributed by atoms with E-state index >= 15 is 0 Å². The van der Waals surface area contributed by atoms with E-state index in [1.54, 1.807) is 11.3 Å². The lowest BCUT2D eigenvalue weighted by Gasteiger charge is -2.35. The molecular weight excluding hydrogens is 342 g/mol. The molecule has 1 fully saturated rings. The minimum Gasteiger partial charge on any atom is -0.342 e. The van der Waals surface area contributed by atoms with Crippen molar-refractivity contribution in [3.8, 4) is 11.3 Å². The Bertz CT molecular complexity index is 915. The van der Waals surface area contributed by atoms with Crippen LogP contribution in [0, 0.1) is 18.8 Å². The quantitative estimate of drug-likeness (QED) is 0.687. The first-order chi connectivity index (χ1) is 12.5. The van der Waals surface area contributed by atoms with Crippen molar-refractivity contribution in [1.29, 1.82) is 0 Å². The molecule has 136 valence electrons. The normalized spacial score (nSPS) is 20.7. The van der Waals surface area contributed by atoms with Crippen molar-refractivity contribution < 1.29 is 4.79 Å². The third-order valence-corrected chi connectivity index (χ3v) is 6.07. The predicted molar refractivity (Wildman–Crippen MR) is 106 cm³/mol. The molecule has 0 N–H and O–H groups in total. The van der Waals surface area contributed by atoms with Crippen LogP contribution in [-0.2, 0) is 11.2 Å². The van der Waals surface area contributed by atoms with Crippen molar-refractivity contribution in [2.45, 2.75) is 33.6 Å². The molecule has 0 aliphatic carbocycles. The van der Waals surface area contributed by atoms with Crippen molar-refractivity contribution in [3.63, 3.8) is 0 Å². The van der Waals surface area contributed by atoms with E-state index < -0.39 is 0 Å². The average molecular weight is 368 g/mol.